The maximum Gasteiger partial charge on any atom is 0.338 e. The monoisotopic (exact) mass is 519 g/mol. The van der Waals surface area contributed by atoms with Gasteiger partial charge in [0.05, 0.1) is 41.0 Å². The minimum atomic E-state index is -0.932. The lowest BCUT2D eigenvalue weighted by molar-refractivity contribution is -0.132. The Kier molecular flexibility index (Phi) is 7.36. The highest BCUT2D eigenvalue weighted by atomic mass is 35.5. The molecule has 0 bridgehead atoms. The molecule has 0 radical (unpaired) electrons. The summed E-state index contributed by atoms with van der Waals surface area (Å²) in [6, 6.07) is 17.5. The third-order valence-corrected chi connectivity index (χ3v) is 6.21. The summed E-state index contributed by atoms with van der Waals surface area (Å²) in [5.41, 5.74) is 2.15. The summed E-state index contributed by atoms with van der Waals surface area (Å²) in [7, 11) is 1.41. The van der Waals surface area contributed by atoms with Gasteiger partial charge in [-0.05, 0) is 68.3 Å². The molecule has 1 saturated heterocycles. The van der Waals surface area contributed by atoms with Crippen LogP contribution in [0.1, 0.15) is 46.9 Å². The first-order chi connectivity index (χ1) is 17.6. The van der Waals surface area contributed by atoms with Crippen molar-refractivity contribution < 1.29 is 29.0 Å². The third-order valence-electron chi connectivity index (χ3n) is 5.93. The lowest BCUT2D eigenvalue weighted by Gasteiger charge is -2.25. The summed E-state index contributed by atoms with van der Waals surface area (Å²) in [5.74, 6) is -2.36. The Morgan fingerprint density at radius 1 is 1.03 bits per heavy atom. The number of anilines is 1. The first-order valence-corrected chi connectivity index (χ1v) is 12.0. The van der Waals surface area contributed by atoms with Crippen LogP contribution in [0.5, 0.6) is 5.75 Å². The summed E-state index contributed by atoms with van der Waals surface area (Å²) >= 11 is 6.34. The Hall–Kier alpha value is -4.10. The molecule has 1 atom stereocenters. The number of hydrogen-bond acceptors (Lipinski definition) is 6. The van der Waals surface area contributed by atoms with Crippen LogP contribution >= 0.6 is 11.6 Å². The molecule has 1 aliphatic rings. The second-order valence-electron chi connectivity index (χ2n) is 8.91. The molecule has 1 amide bonds. The van der Waals surface area contributed by atoms with E-state index in [0.29, 0.717) is 16.8 Å². The Bertz CT molecular complexity index is 1400. The number of esters is 1. The SMILES string of the molecule is COc1c(Cl)cc(C)cc1/C(O)=C1\C(=O)C(=O)N(c2ccc(C(=O)OC(C)C)cc2)C1c1ccccc1. The van der Waals surface area contributed by atoms with E-state index in [1.165, 1.54) is 24.1 Å². The fraction of sp³-hybridized carbons (Fsp3) is 0.207. The maximum absolute atomic E-state index is 13.4. The molecule has 1 unspecified atom stereocenters. The minimum Gasteiger partial charge on any atom is -0.507 e. The first-order valence-electron chi connectivity index (χ1n) is 11.7. The molecule has 7 nitrogen and oxygen atoms in total. The summed E-state index contributed by atoms with van der Waals surface area (Å²) in [6.45, 7) is 5.30. The van der Waals surface area contributed by atoms with E-state index in [1.54, 1.807) is 69.3 Å². The van der Waals surface area contributed by atoms with Crippen molar-refractivity contribution in [1.82, 2.24) is 0 Å². The highest BCUT2D eigenvalue weighted by Crippen LogP contribution is 2.44. The second-order valence-corrected chi connectivity index (χ2v) is 9.32. The smallest absolute Gasteiger partial charge is 0.338 e. The van der Waals surface area contributed by atoms with Crippen LogP contribution in [0.2, 0.25) is 5.02 Å². The molecule has 1 fully saturated rings. The van der Waals surface area contributed by atoms with Gasteiger partial charge in [-0.1, -0.05) is 41.9 Å². The van der Waals surface area contributed by atoms with Gasteiger partial charge < -0.3 is 14.6 Å². The van der Waals surface area contributed by atoms with E-state index >= 15 is 0 Å². The Labute approximate surface area is 219 Å². The van der Waals surface area contributed by atoms with Crippen molar-refractivity contribution in [3.63, 3.8) is 0 Å². The molecular formula is C29H26ClNO6. The van der Waals surface area contributed by atoms with Crippen molar-refractivity contribution in [2.45, 2.75) is 32.9 Å². The van der Waals surface area contributed by atoms with Gasteiger partial charge in [0.15, 0.2) is 0 Å². The van der Waals surface area contributed by atoms with Gasteiger partial charge in [0.25, 0.3) is 11.7 Å². The largest absolute Gasteiger partial charge is 0.507 e. The van der Waals surface area contributed by atoms with E-state index < -0.39 is 29.5 Å². The zero-order chi connectivity index (χ0) is 26.9. The fourth-order valence-corrected chi connectivity index (χ4v) is 4.70. The van der Waals surface area contributed by atoms with Crippen molar-refractivity contribution in [1.29, 1.82) is 0 Å². The molecule has 37 heavy (non-hydrogen) atoms. The molecule has 0 spiro atoms. The molecule has 8 heteroatoms. The molecule has 0 aliphatic carbocycles. The quantitative estimate of drug-likeness (QED) is 0.190. The van der Waals surface area contributed by atoms with Crippen LogP contribution in [0.25, 0.3) is 5.76 Å². The van der Waals surface area contributed by atoms with Crippen molar-refractivity contribution in [2.75, 3.05) is 12.0 Å². The topological polar surface area (TPSA) is 93.1 Å². The molecule has 1 N–H and O–H groups in total. The van der Waals surface area contributed by atoms with Crippen LogP contribution in [0.3, 0.4) is 0 Å². The lowest BCUT2D eigenvalue weighted by Crippen LogP contribution is -2.29. The highest BCUT2D eigenvalue weighted by molar-refractivity contribution is 6.51. The van der Waals surface area contributed by atoms with Crippen molar-refractivity contribution in [2.24, 2.45) is 0 Å². The van der Waals surface area contributed by atoms with Crippen molar-refractivity contribution in [3.05, 3.63) is 99.6 Å². The van der Waals surface area contributed by atoms with Gasteiger partial charge in [-0.15, -0.1) is 0 Å². The predicted octanol–water partition coefficient (Wildman–Crippen LogP) is 5.85. The molecule has 0 saturated carbocycles. The molecular weight excluding hydrogens is 494 g/mol. The molecule has 3 aromatic rings. The van der Waals surface area contributed by atoms with E-state index in [1.807, 2.05) is 6.07 Å². The Balaban J connectivity index is 1.88. The second kappa shape index (κ2) is 10.5. The van der Waals surface area contributed by atoms with E-state index in [9.17, 15) is 19.5 Å². The first kappa shape index (κ1) is 26.0. The van der Waals surface area contributed by atoms with Gasteiger partial charge in [0.2, 0.25) is 0 Å². The number of carbonyl (C=O) groups is 3. The van der Waals surface area contributed by atoms with Crippen LogP contribution < -0.4 is 9.64 Å². The number of halogens is 1. The number of benzene rings is 3. The number of aliphatic hydroxyl groups is 1. The van der Waals surface area contributed by atoms with E-state index in [4.69, 9.17) is 21.1 Å². The molecule has 0 aromatic heterocycles. The zero-order valence-electron chi connectivity index (χ0n) is 20.8. The van der Waals surface area contributed by atoms with E-state index in [-0.39, 0.29) is 28.0 Å². The van der Waals surface area contributed by atoms with Crippen molar-refractivity contribution >= 4 is 40.7 Å². The summed E-state index contributed by atoms with van der Waals surface area (Å²) in [4.78, 5) is 40.4. The number of methoxy groups -OCH3 is 1. The van der Waals surface area contributed by atoms with Gasteiger partial charge in [-0.2, -0.15) is 0 Å². The number of ketones is 1. The van der Waals surface area contributed by atoms with E-state index in [0.717, 1.165) is 5.56 Å². The normalized spacial score (nSPS) is 16.8. The number of aryl methyl sites for hydroxylation is 1. The van der Waals surface area contributed by atoms with E-state index in [2.05, 4.69) is 0 Å². The minimum absolute atomic E-state index is 0.0977. The van der Waals surface area contributed by atoms with Crippen molar-refractivity contribution in [3.8, 4) is 5.75 Å². The Morgan fingerprint density at radius 2 is 1.68 bits per heavy atom. The summed E-state index contributed by atoms with van der Waals surface area (Å²) in [5, 5.41) is 11.7. The van der Waals surface area contributed by atoms with Crippen LogP contribution in [0, 0.1) is 6.92 Å². The number of Topliss-reactive ketones (excluding diaryl/α,β-unsaturated/α-hetero) is 1. The fourth-order valence-electron chi connectivity index (χ4n) is 4.35. The number of rotatable bonds is 6. The van der Waals surface area contributed by atoms with Crippen LogP contribution in [0.4, 0.5) is 5.69 Å². The average molecular weight is 520 g/mol. The lowest BCUT2D eigenvalue weighted by atomic mass is 9.94. The highest BCUT2D eigenvalue weighted by Gasteiger charge is 2.47. The average Bonchev–Trinajstić information content (AvgIpc) is 3.13. The van der Waals surface area contributed by atoms with Gasteiger partial charge >= 0.3 is 5.97 Å². The third kappa shape index (κ3) is 4.95. The van der Waals surface area contributed by atoms with Gasteiger partial charge in [0, 0.05) is 5.69 Å². The molecule has 3 aromatic carbocycles. The number of ether oxygens (including phenoxy) is 2. The van der Waals surface area contributed by atoms with Crippen LogP contribution in [-0.2, 0) is 14.3 Å². The standard InChI is InChI=1S/C29H26ClNO6/c1-16(2)37-29(35)19-10-12-20(13-11-19)31-24(18-8-6-5-7-9-18)23(26(33)28(31)34)25(32)21-14-17(3)15-22(30)27(21)36-4/h5-16,24,32H,1-4H3/b25-23+. The molecule has 1 aliphatic heterocycles. The number of aliphatic hydroxyl groups excluding tert-OH is 1. The predicted molar refractivity (Wildman–Crippen MR) is 141 cm³/mol. The molecule has 190 valence electrons. The number of nitrogens with zero attached hydrogens (tertiary/aromatic N) is 1. The van der Waals surface area contributed by atoms with Crippen LogP contribution in [0.15, 0.2) is 72.3 Å². The van der Waals surface area contributed by atoms with Gasteiger partial charge in [-0.25, -0.2) is 4.79 Å². The number of amides is 1. The summed E-state index contributed by atoms with van der Waals surface area (Å²) < 4.78 is 10.6. The molecule has 1 heterocycles. The Morgan fingerprint density at radius 3 is 2.27 bits per heavy atom. The number of carbonyl (C=O) groups excluding carboxylic acids is 3. The van der Waals surface area contributed by atoms with Gasteiger partial charge in [0.1, 0.15) is 11.5 Å². The van der Waals surface area contributed by atoms with Crippen LogP contribution in [-0.4, -0.2) is 36.0 Å². The van der Waals surface area contributed by atoms with Gasteiger partial charge in [-0.3, -0.25) is 14.5 Å². The summed E-state index contributed by atoms with van der Waals surface area (Å²) in [6.07, 6.45) is -0.282. The maximum atomic E-state index is 13.4. The zero-order valence-corrected chi connectivity index (χ0v) is 21.6. The molecule has 4 rings (SSSR count). The number of hydrogen-bond donors (Lipinski definition) is 1.